The first-order valence-corrected chi connectivity index (χ1v) is 11.0. The molecule has 0 aliphatic rings. The number of anilines is 1. The van der Waals surface area contributed by atoms with Crippen LogP contribution in [0.2, 0.25) is 10.0 Å². The molecule has 0 spiro atoms. The molecule has 2 heterocycles. The Labute approximate surface area is 187 Å². The van der Waals surface area contributed by atoms with Crippen molar-refractivity contribution in [2.75, 3.05) is 11.9 Å². The monoisotopic (exact) mass is 460 g/mol. The molecular weight excluding hydrogens is 443 g/mol. The number of carbonyl (C=O) groups is 1. The number of ether oxygens (including phenoxy) is 1. The molecule has 2 aromatic carbocycles. The summed E-state index contributed by atoms with van der Waals surface area (Å²) in [5.74, 6) is 0.753. The summed E-state index contributed by atoms with van der Waals surface area (Å²) in [7, 11) is 0. The van der Waals surface area contributed by atoms with E-state index in [0.29, 0.717) is 15.0 Å². The predicted molar refractivity (Wildman–Crippen MR) is 121 cm³/mol. The average Bonchev–Trinajstić information content (AvgIpc) is 3.30. The van der Waals surface area contributed by atoms with Gasteiger partial charge in [-0.1, -0.05) is 42.3 Å². The zero-order valence-corrected chi connectivity index (χ0v) is 18.4. The average molecular weight is 461 g/mol. The molecule has 9 heteroatoms. The van der Waals surface area contributed by atoms with Crippen LogP contribution in [-0.4, -0.2) is 27.1 Å². The summed E-state index contributed by atoms with van der Waals surface area (Å²) in [5.41, 5.74) is 2.75. The zero-order valence-electron chi connectivity index (χ0n) is 16.1. The number of carbonyl (C=O) groups excluding carboxylic acids is 1. The first-order chi connectivity index (χ1) is 14.5. The fourth-order valence-electron chi connectivity index (χ4n) is 2.88. The largest absolute Gasteiger partial charge is 0.493 e. The van der Waals surface area contributed by atoms with Crippen LogP contribution >= 0.6 is 34.5 Å². The van der Waals surface area contributed by atoms with Crippen LogP contribution in [-0.2, 0) is 11.2 Å². The van der Waals surface area contributed by atoms with Gasteiger partial charge in [-0.3, -0.25) is 10.1 Å². The van der Waals surface area contributed by atoms with Crippen molar-refractivity contribution in [3.63, 3.8) is 0 Å². The lowest BCUT2D eigenvalue weighted by Gasteiger charge is -2.06. The first-order valence-electron chi connectivity index (χ1n) is 9.35. The molecule has 0 saturated heterocycles. The van der Waals surface area contributed by atoms with Crippen molar-refractivity contribution in [2.24, 2.45) is 0 Å². The van der Waals surface area contributed by atoms with Crippen LogP contribution in [0.5, 0.6) is 5.75 Å². The Balaban J connectivity index is 1.39. The minimum atomic E-state index is -0.222. The third-order valence-corrected chi connectivity index (χ3v) is 5.85. The van der Waals surface area contributed by atoms with Crippen molar-refractivity contribution in [1.82, 2.24) is 14.6 Å². The number of hydrogen-bond donors (Lipinski definition) is 1. The third kappa shape index (κ3) is 4.59. The van der Waals surface area contributed by atoms with E-state index in [1.807, 2.05) is 29.6 Å². The van der Waals surface area contributed by atoms with E-state index in [2.05, 4.69) is 22.3 Å². The standard InChI is InChI=1S/C21H18Cl2N4O2S/c1-2-13-3-6-15(7-4-13)29-10-9-19(28)24-20-25-21-27(26-20)18(12-30-21)16-11-14(22)5-8-17(16)23/h3-8,11-12H,2,9-10H2,1H3,(H,24,26,28). The second-order valence-corrected chi connectivity index (χ2v) is 8.20. The van der Waals surface area contributed by atoms with E-state index in [9.17, 15) is 4.79 Å². The Morgan fingerprint density at radius 1 is 1.20 bits per heavy atom. The molecule has 0 bridgehead atoms. The smallest absolute Gasteiger partial charge is 0.250 e. The molecule has 0 radical (unpaired) electrons. The van der Waals surface area contributed by atoms with E-state index >= 15 is 0 Å². The van der Waals surface area contributed by atoms with Crippen LogP contribution in [0.4, 0.5) is 5.95 Å². The molecule has 2 aromatic heterocycles. The van der Waals surface area contributed by atoms with E-state index in [-0.39, 0.29) is 24.9 Å². The molecule has 4 aromatic rings. The van der Waals surface area contributed by atoms with Gasteiger partial charge in [0.25, 0.3) is 0 Å². The van der Waals surface area contributed by atoms with Crippen molar-refractivity contribution in [3.8, 4) is 17.0 Å². The fraction of sp³-hybridized carbons (Fsp3) is 0.190. The van der Waals surface area contributed by atoms with Crippen LogP contribution in [0.1, 0.15) is 18.9 Å². The number of nitrogens with one attached hydrogen (secondary N) is 1. The summed E-state index contributed by atoms with van der Waals surface area (Å²) in [5, 5.41) is 10.1. The lowest BCUT2D eigenvalue weighted by Crippen LogP contribution is -2.16. The number of hydrogen-bond acceptors (Lipinski definition) is 5. The van der Waals surface area contributed by atoms with Crippen LogP contribution < -0.4 is 10.1 Å². The van der Waals surface area contributed by atoms with E-state index in [0.717, 1.165) is 23.4 Å². The fourth-order valence-corrected chi connectivity index (χ4v) is 4.09. The van der Waals surface area contributed by atoms with Gasteiger partial charge in [0.05, 0.1) is 23.7 Å². The summed E-state index contributed by atoms with van der Waals surface area (Å²) in [6.45, 7) is 2.36. The van der Waals surface area contributed by atoms with Crippen LogP contribution in [0.15, 0.2) is 47.8 Å². The number of nitrogens with zero attached hydrogens (tertiary/aromatic N) is 3. The van der Waals surface area contributed by atoms with Crippen molar-refractivity contribution < 1.29 is 9.53 Å². The van der Waals surface area contributed by atoms with E-state index in [1.165, 1.54) is 16.9 Å². The highest BCUT2D eigenvalue weighted by Crippen LogP contribution is 2.33. The summed E-state index contributed by atoms with van der Waals surface area (Å²) < 4.78 is 7.27. The number of aromatic nitrogens is 3. The zero-order chi connectivity index (χ0) is 21.1. The SMILES string of the molecule is CCc1ccc(OCCC(=O)Nc2nc3scc(-c4cc(Cl)ccc4Cl)n3n2)cc1. The normalized spacial score (nSPS) is 11.0. The predicted octanol–water partition coefficient (Wildman–Crippen LogP) is 5.73. The van der Waals surface area contributed by atoms with Gasteiger partial charge in [0.2, 0.25) is 16.8 Å². The molecule has 0 aliphatic carbocycles. The third-order valence-electron chi connectivity index (χ3n) is 4.47. The maximum absolute atomic E-state index is 12.2. The second-order valence-electron chi connectivity index (χ2n) is 6.52. The molecule has 0 fully saturated rings. The van der Waals surface area contributed by atoms with Gasteiger partial charge in [0, 0.05) is 16.0 Å². The number of aryl methyl sites for hydroxylation is 1. The highest BCUT2D eigenvalue weighted by Gasteiger charge is 2.15. The van der Waals surface area contributed by atoms with Crippen LogP contribution in [0.25, 0.3) is 16.2 Å². The number of amides is 1. The Morgan fingerprint density at radius 3 is 2.77 bits per heavy atom. The minimum Gasteiger partial charge on any atom is -0.493 e. The Bertz CT molecular complexity index is 1190. The highest BCUT2D eigenvalue weighted by atomic mass is 35.5. The molecule has 0 atom stereocenters. The van der Waals surface area contributed by atoms with Gasteiger partial charge in [-0.25, -0.2) is 4.52 Å². The topological polar surface area (TPSA) is 68.5 Å². The molecular formula is C21H18Cl2N4O2S. The van der Waals surface area contributed by atoms with Crippen LogP contribution in [0.3, 0.4) is 0 Å². The van der Waals surface area contributed by atoms with Gasteiger partial charge < -0.3 is 4.74 Å². The maximum Gasteiger partial charge on any atom is 0.250 e. The van der Waals surface area contributed by atoms with Gasteiger partial charge in [-0.2, -0.15) is 4.98 Å². The molecule has 1 amide bonds. The molecule has 1 N–H and O–H groups in total. The van der Waals surface area contributed by atoms with E-state index in [1.54, 1.807) is 22.7 Å². The van der Waals surface area contributed by atoms with Crippen LogP contribution in [0, 0.1) is 0 Å². The van der Waals surface area contributed by atoms with Crippen molar-refractivity contribution in [1.29, 1.82) is 0 Å². The minimum absolute atomic E-state index is 0.190. The maximum atomic E-state index is 12.2. The molecule has 0 saturated carbocycles. The second kappa shape index (κ2) is 9.04. The number of benzene rings is 2. The molecule has 30 heavy (non-hydrogen) atoms. The lowest BCUT2D eigenvalue weighted by atomic mass is 10.2. The van der Waals surface area contributed by atoms with Crippen molar-refractivity contribution in [2.45, 2.75) is 19.8 Å². The Kier molecular flexibility index (Phi) is 6.22. The summed E-state index contributed by atoms with van der Waals surface area (Å²) in [6.07, 6.45) is 1.17. The van der Waals surface area contributed by atoms with E-state index in [4.69, 9.17) is 27.9 Å². The van der Waals surface area contributed by atoms with Gasteiger partial charge in [0.1, 0.15) is 5.75 Å². The molecule has 0 unspecified atom stereocenters. The number of halogens is 2. The number of rotatable bonds is 7. The first kappa shape index (κ1) is 20.7. The summed E-state index contributed by atoms with van der Waals surface area (Å²) in [6, 6.07) is 13.1. The summed E-state index contributed by atoms with van der Waals surface area (Å²) in [4.78, 5) is 17.2. The summed E-state index contributed by atoms with van der Waals surface area (Å²) >= 11 is 13.8. The Morgan fingerprint density at radius 2 is 2.00 bits per heavy atom. The van der Waals surface area contributed by atoms with Gasteiger partial charge in [-0.05, 0) is 42.3 Å². The molecule has 6 nitrogen and oxygen atoms in total. The number of thiazole rings is 1. The molecule has 4 rings (SSSR count). The Hall–Kier alpha value is -2.61. The van der Waals surface area contributed by atoms with Crippen molar-refractivity contribution in [3.05, 3.63) is 63.5 Å². The molecule has 0 aliphatic heterocycles. The van der Waals surface area contributed by atoms with Gasteiger partial charge >= 0.3 is 0 Å². The quantitative estimate of drug-likeness (QED) is 0.382. The molecule has 154 valence electrons. The van der Waals surface area contributed by atoms with Crippen molar-refractivity contribution >= 4 is 51.4 Å². The van der Waals surface area contributed by atoms with E-state index < -0.39 is 0 Å². The number of fused-ring (bicyclic) bond motifs is 1. The highest BCUT2D eigenvalue weighted by molar-refractivity contribution is 7.15. The van der Waals surface area contributed by atoms with Gasteiger partial charge in [0.15, 0.2) is 0 Å². The lowest BCUT2D eigenvalue weighted by molar-refractivity contribution is -0.116. The van der Waals surface area contributed by atoms with Gasteiger partial charge in [-0.15, -0.1) is 16.4 Å².